The van der Waals surface area contributed by atoms with E-state index in [1.54, 1.807) is 31.8 Å². The molecule has 34 heavy (non-hydrogen) atoms. The van der Waals surface area contributed by atoms with Gasteiger partial charge < -0.3 is 14.6 Å². The molecule has 9 nitrogen and oxygen atoms in total. The number of ether oxygens (including phenoxy) is 1. The molecule has 0 saturated heterocycles. The predicted molar refractivity (Wildman–Crippen MR) is 134 cm³/mol. The quantitative estimate of drug-likeness (QED) is 0.224. The second-order valence-corrected chi connectivity index (χ2v) is 9.37. The van der Waals surface area contributed by atoms with Crippen LogP contribution in [-0.4, -0.2) is 48.3 Å². The Morgan fingerprint density at radius 2 is 2.00 bits per heavy atom. The van der Waals surface area contributed by atoms with Crippen molar-refractivity contribution < 1.29 is 14.3 Å². The molecule has 1 aromatic carbocycles. The summed E-state index contributed by atoms with van der Waals surface area (Å²) in [6.07, 6.45) is 3.73. The maximum atomic E-state index is 13.1. The number of nitrogens with zero attached hydrogens (tertiary/aromatic N) is 5. The molecule has 3 aromatic rings. The van der Waals surface area contributed by atoms with E-state index < -0.39 is 11.2 Å². The highest BCUT2D eigenvalue weighted by molar-refractivity contribution is 8.00. The summed E-state index contributed by atoms with van der Waals surface area (Å²) in [7, 11) is 1.66. The molecule has 2 heterocycles. The molecule has 0 spiro atoms. The Morgan fingerprint density at radius 3 is 2.68 bits per heavy atom. The summed E-state index contributed by atoms with van der Waals surface area (Å²) < 4.78 is 8.48. The fraction of sp³-hybridized carbons (Fsp3) is 0.348. The number of rotatable bonds is 12. The third kappa shape index (κ3) is 6.29. The SMILES string of the molecule is C=CCn1c(CSc2ccccc2)nnc1SC(CC)C(=O)Nc1c(C(=O)OCC)cnn1C. The number of aromatic nitrogens is 5. The first-order valence-electron chi connectivity index (χ1n) is 10.9. The number of amides is 1. The van der Waals surface area contributed by atoms with Crippen LogP contribution in [0.2, 0.25) is 0 Å². The van der Waals surface area contributed by atoms with Gasteiger partial charge in [0.25, 0.3) is 0 Å². The third-order valence-electron chi connectivity index (χ3n) is 4.80. The van der Waals surface area contributed by atoms with E-state index in [1.807, 2.05) is 29.7 Å². The molecule has 0 aliphatic heterocycles. The van der Waals surface area contributed by atoms with Crippen LogP contribution in [0.4, 0.5) is 5.82 Å². The van der Waals surface area contributed by atoms with Crippen molar-refractivity contribution in [1.29, 1.82) is 0 Å². The van der Waals surface area contributed by atoms with Crippen LogP contribution >= 0.6 is 23.5 Å². The molecule has 0 aliphatic carbocycles. The minimum Gasteiger partial charge on any atom is -0.462 e. The highest BCUT2D eigenvalue weighted by atomic mass is 32.2. The Kier molecular flexibility index (Phi) is 9.34. The first-order valence-corrected chi connectivity index (χ1v) is 12.7. The number of aryl methyl sites for hydroxylation is 1. The summed E-state index contributed by atoms with van der Waals surface area (Å²) >= 11 is 3.00. The Morgan fingerprint density at radius 1 is 1.24 bits per heavy atom. The number of esters is 1. The van der Waals surface area contributed by atoms with Crippen molar-refractivity contribution in [2.75, 3.05) is 11.9 Å². The molecular formula is C23H28N6O3S2. The highest BCUT2D eigenvalue weighted by Crippen LogP contribution is 2.29. The van der Waals surface area contributed by atoms with Crippen molar-refractivity contribution in [2.24, 2.45) is 7.05 Å². The fourth-order valence-corrected chi connectivity index (χ4v) is 4.92. The van der Waals surface area contributed by atoms with Crippen molar-refractivity contribution in [3.8, 4) is 0 Å². The Bertz CT molecular complexity index is 1130. The van der Waals surface area contributed by atoms with Crippen LogP contribution in [0.5, 0.6) is 0 Å². The van der Waals surface area contributed by atoms with E-state index in [9.17, 15) is 9.59 Å². The summed E-state index contributed by atoms with van der Waals surface area (Å²) in [6, 6.07) is 10.1. The summed E-state index contributed by atoms with van der Waals surface area (Å²) in [4.78, 5) is 26.5. The normalized spacial score (nSPS) is 11.7. The summed E-state index contributed by atoms with van der Waals surface area (Å²) in [6.45, 7) is 8.26. The highest BCUT2D eigenvalue weighted by Gasteiger charge is 2.26. The van der Waals surface area contributed by atoms with Crippen LogP contribution in [0.3, 0.4) is 0 Å². The van der Waals surface area contributed by atoms with Crippen LogP contribution in [0.25, 0.3) is 0 Å². The number of hydrogen-bond acceptors (Lipinski definition) is 8. The fourth-order valence-electron chi connectivity index (χ4n) is 3.08. The number of allylic oxidation sites excluding steroid dienone is 1. The average Bonchev–Trinajstić information content (AvgIpc) is 3.40. The van der Waals surface area contributed by atoms with E-state index in [1.165, 1.54) is 22.6 Å². The van der Waals surface area contributed by atoms with Gasteiger partial charge in [-0.05, 0) is 25.5 Å². The minimum atomic E-state index is -0.530. The number of carbonyl (C=O) groups is 2. The molecule has 1 unspecified atom stereocenters. The monoisotopic (exact) mass is 500 g/mol. The van der Waals surface area contributed by atoms with Gasteiger partial charge in [0.15, 0.2) is 5.16 Å². The van der Waals surface area contributed by atoms with E-state index in [4.69, 9.17) is 4.74 Å². The van der Waals surface area contributed by atoms with Crippen molar-refractivity contribution in [3.63, 3.8) is 0 Å². The number of benzene rings is 1. The largest absolute Gasteiger partial charge is 0.462 e. The first-order chi connectivity index (χ1) is 16.5. The topological polar surface area (TPSA) is 104 Å². The summed E-state index contributed by atoms with van der Waals surface area (Å²) in [5.41, 5.74) is 0.215. The van der Waals surface area contributed by atoms with Gasteiger partial charge in [-0.2, -0.15) is 5.10 Å². The molecule has 0 bridgehead atoms. The van der Waals surface area contributed by atoms with E-state index in [-0.39, 0.29) is 18.1 Å². The van der Waals surface area contributed by atoms with Crippen LogP contribution < -0.4 is 5.32 Å². The second kappa shape index (κ2) is 12.4. The van der Waals surface area contributed by atoms with Crippen LogP contribution in [0.1, 0.15) is 36.5 Å². The molecule has 180 valence electrons. The molecule has 1 amide bonds. The number of thioether (sulfide) groups is 2. The zero-order valence-electron chi connectivity index (χ0n) is 19.4. The number of anilines is 1. The van der Waals surface area contributed by atoms with Crippen LogP contribution in [0, 0.1) is 0 Å². The van der Waals surface area contributed by atoms with Gasteiger partial charge >= 0.3 is 5.97 Å². The Labute approximate surface area is 207 Å². The zero-order chi connectivity index (χ0) is 24.5. The molecular weight excluding hydrogens is 472 g/mol. The molecule has 11 heteroatoms. The van der Waals surface area contributed by atoms with E-state index >= 15 is 0 Å². The molecule has 1 N–H and O–H groups in total. The lowest BCUT2D eigenvalue weighted by atomic mass is 10.3. The molecule has 1 atom stereocenters. The van der Waals surface area contributed by atoms with Crippen molar-refractivity contribution in [2.45, 2.75) is 47.9 Å². The van der Waals surface area contributed by atoms with Crippen molar-refractivity contribution >= 4 is 41.2 Å². The standard InChI is InChI=1S/C23H28N6O3S2/c1-5-13-29-19(15-33-16-11-9-8-10-12-16)26-27-23(29)34-18(6-2)21(30)25-20-17(14-24-28(20)4)22(31)32-7-3/h5,8-12,14,18H,1,6-7,13,15H2,2-4H3,(H,25,30). The number of hydrogen-bond donors (Lipinski definition) is 1. The van der Waals surface area contributed by atoms with Crippen LogP contribution in [0.15, 0.2) is 59.2 Å². The van der Waals surface area contributed by atoms with Crippen molar-refractivity contribution in [3.05, 3.63) is 60.6 Å². The smallest absolute Gasteiger partial charge is 0.343 e. The maximum absolute atomic E-state index is 13.1. The molecule has 0 radical (unpaired) electrons. The van der Waals surface area contributed by atoms with Gasteiger partial charge in [0.2, 0.25) is 5.91 Å². The molecule has 0 saturated carbocycles. The molecule has 3 rings (SSSR count). The Balaban J connectivity index is 1.74. The Hall–Kier alpha value is -3.05. The van der Waals surface area contributed by atoms with Gasteiger partial charge in [-0.1, -0.05) is 43.0 Å². The van der Waals surface area contributed by atoms with Gasteiger partial charge in [-0.15, -0.1) is 28.5 Å². The number of nitrogens with one attached hydrogen (secondary N) is 1. The predicted octanol–water partition coefficient (Wildman–Crippen LogP) is 4.18. The van der Waals surface area contributed by atoms with Gasteiger partial charge in [0, 0.05) is 18.5 Å². The molecule has 0 fully saturated rings. The van der Waals surface area contributed by atoms with Gasteiger partial charge in [0.1, 0.15) is 17.2 Å². The second-order valence-electron chi connectivity index (χ2n) is 7.15. The van der Waals surface area contributed by atoms with Crippen LogP contribution in [-0.2, 0) is 28.9 Å². The maximum Gasteiger partial charge on any atom is 0.343 e. The molecule has 0 aliphatic rings. The number of carbonyl (C=O) groups excluding carboxylic acids is 2. The van der Waals surface area contributed by atoms with E-state index in [0.29, 0.717) is 29.7 Å². The minimum absolute atomic E-state index is 0.215. The average molecular weight is 501 g/mol. The van der Waals surface area contributed by atoms with E-state index in [2.05, 4.69) is 39.3 Å². The summed E-state index contributed by atoms with van der Waals surface area (Å²) in [5, 5.41) is 15.8. The lowest BCUT2D eigenvalue weighted by Gasteiger charge is -2.16. The van der Waals surface area contributed by atoms with Gasteiger partial charge in [-0.3, -0.25) is 9.48 Å². The molecule has 2 aromatic heterocycles. The van der Waals surface area contributed by atoms with Gasteiger partial charge in [0.05, 0.1) is 23.8 Å². The third-order valence-corrected chi connectivity index (χ3v) is 7.16. The summed E-state index contributed by atoms with van der Waals surface area (Å²) in [5.74, 6) is 0.970. The van der Waals surface area contributed by atoms with Gasteiger partial charge in [-0.25, -0.2) is 4.79 Å². The zero-order valence-corrected chi connectivity index (χ0v) is 21.1. The lowest BCUT2D eigenvalue weighted by molar-refractivity contribution is -0.115. The first kappa shape index (κ1) is 25.6. The van der Waals surface area contributed by atoms with Crippen molar-refractivity contribution in [1.82, 2.24) is 24.5 Å². The van der Waals surface area contributed by atoms with E-state index in [0.717, 1.165) is 10.7 Å². The lowest BCUT2D eigenvalue weighted by Crippen LogP contribution is -2.27.